The fourth-order valence-corrected chi connectivity index (χ4v) is 2.56. The highest BCUT2D eigenvalue weighted by Crippen LogP contribution is 2.32. The SMILES string of the molecule is CO/C=C(/C(=O)OC)c1ccccc1Oc1cc(Oc2ccccc2C)ncn1. The van der Waals surface area contributed by atoms with Crippen LogP contribution in [0.2, 0.25) is 0 Å². The van der Waals surface area contributed by atoms with Crippen molar-refractivity contribution in [2.75, 3.05) is 14.2 Å². The van der Waals surface area contributed by atoms with Crippen LogP contribution in [0.4, 0.5) is 0 Å². The highest BCUT2D eigenvalue weighted by atomic mass is 16.5. The molecule has 148 valence electrons. The first-order valence-corrected chi connectivity index (χ1v) is 8.76. The molecule has 0 saturated carbocycles. The molecule has 3 rings (SSSR count). The molecule has 3 aromatic rings. The number of para-hydroxylation sites is 2. The molecule has 7 heteroatoms. The standard InChI is InChI=1S/C22H20N2O5/c1-15-8-4-6-10-18(15)28-20-12-21(24-14-23-20)29-19-11-7-5-9-16(19)17(13-26-2)22(25)27-3/h4-14H,1-3H3/b17-13+. The van der Waals surface area contributed by atoms with Gasteiger partial charge in [-0.3, -0.25) is 0 Å². The van der Waals surface area contributed by atoms with Gasteiger partial charge in [0.1, 0.15) is 23.4 Å². The van der Waals surface area contributed by atoms with Gasteiger partial charge in [0, 0.05) is 5.56 Å². The normalized spacial score (nSPS) is 10.9. The molecule has 1 heterocycles. The molecule has 0 bridgehead atoms. The fourth-order valence-electron chi connectivity index (χ4n) is 2.56. The van der Waals surface area contributed by atoms with E-state index in [1.165, 1.54) is 26.8 Å². The van der Waals surface area contributed by atoms with Crippen LogP contribution in [-0.2, 0) is 14.3 Å². The molecule has 2 aromatic carbocycles. The van der Waals surface area contributed by atoms with Crippen molar-refractivity contribution in [3.63, 3.8) is 0 Å². The van der Waals surface area contributed by atoms with Gasteiger partial charge in [-0.1, -0.05) is 36.4 Å². The Morgan fingerprint density at radius 2 is 1.52 bits per heavy atom. The van der Waals surface area contributed by atoms with Crippen LogP contribution in [0.15, 0.2) is 67.2 Å². The summed E-state index contributed by atoms with van der Waals surface area (Å²) < 4.78 is 21.6. The van der Waals surface area contributed by atoms with Gasteiger partial charge in [0.05, 0.1) is 26.5 Å². The molecule has 7 nitrogen and oxygen atoms in total. The molecule has 0 N–H and O–H groups in total. The average Bonchev–Trinajstić information content (AvgIpc) is 2.74. The number of hydrogen-bond acceptors (Lipinski definition) is 7. The largest absolute Gasteiger partial charge is 0.503 e. The zero-order chi connectivity index (χ0) is 20.6. The van der Waals surface area contributed by atoms with E-state index in [-0.39, 0.29) is 11.5 Å². The first-order valence-electron chi connectivity index (χ1n) is 8.76. The molecular weight excluding hydrogens is 372 g/mol. The molecule has 0 aliphatic carbocycles. The zero-order valence-corrected chi connectivity index (χ0v) is 16.3. The molecule has 0 radical (unpaired) electrons. The third kappa shape index (κ3) is 4.90. The highest BCUT2D eigenvalue weighted by molar-refractivity contribution is 6.17. The van der Waals surface area contributed by atoms with Gasteiger partial charge in [-0.25, -0.2) is 14.8 Å². The van der Waals surface area contributed by atoms with Crippen LogP contribution in [0.25, 0.3) is 5.57 Å². The Morgan fingerprint density at radius 3 is 2.17 bits per heavy atom. The van der Waals surface area contributed by atoms with E-state index in [4.69, 9.17) is 18.9 Å². The number of carbonyl (C=O) groups excluding carboxylic acids is 1. The van der Waals surface area contributed by atoms with Crippen molar-refractivity contribution < 1.29 is 23.7 Å². The molecule has 0 unspecified atom stereocenters. The summed E-state index contributed by atoms with van der Waals surface area (Å²) in [6.07, 6.45) is 2.65. The minimum absolute atomic E-state index is 0.219. The van der Waals surface area contributed by atoms with E-state index in [0.717, 1.165) is 5.56 Å². The summed E-state index contributed by atoms with van der Waals surface area (Å²) in [5.41, 5.74) is 1.70. The summed E-state index contributed by atoms with van der Waals surface area (Å²) in [5, 5.41) is 0. The quantitative estimate of drug-likeness (QED) is 0.332. The smallest absolute Gasteiger partial charge is 0.341 e. The lowest BCUT2D eigenvalue weighted by Gasteiger charge is -2.13. The molecule has 0 amide bonds. The number of esters is 1. The number of ether oxygens (including phenoxy) is 4. The van der Waals surface area contributed by atoms with Crippen molar-refractivity contribution in [1.82, 2.24) is 9.97 Å². The first kappa shape index (κ1) is 19.9. The van der Waals surface area contributed by atoms with E-state index < -0.39 is 5.97 Å². The Balaban J connectivity index is 1.89. The van der Waals surface area contributed by atoms with Crippen LogP contribution in [-0.4, -0.2) is 30.2 Å². The van der Waals surface area contributed by atoms with E-state index in [2.05, 4.69) is 9.97 Å². The van der Waals surface area contributed by atoms with Gasteiger partial charge >= 0.3 is 5.97 Å². The molecule has 0 aliphatic rings. The van der Waals surface area contributed by atoms with Crippen LogP contribution in [0.1, 0.15) is 11.1 Å². The van der Waals surface area contributed by atoms with Crippen LogP contribution in [0, 0.1) is 6.92 Å². The topological polar surface area (TPSA) is 79.8 Å². The van der Waals surface area contributed by atoms with E-state index >= 15 is 0 Å². The Hall–Kier alpha value is -3.87. The number of hydrogen-bond donors (Lipinski definition) is 0. The van der Waals surface area contributed by atoms with Crippen molar-refractivity contribution in [1.29, 1.82) is 0 Å². The predicted molar refractivity (Wildman–Crippen MR) is 107 cm³/mol. The number of nitrogens with zero attached hydrogens (tertiary/aromatic N) is 2. The first-order chi connectivity index (χ1) is 14.1. The lowest BCUT2D eigenvalue weighted by molar-refractivity contribution is -0.133. The Labute approximate surface area is 168 Å². The second-order valence-corrected chi connectivity index (χ2v) is 5.92. The summed E-state index contributed by atoms with van der Waals surface area (Å²) in [6.45, 7) is 1.95. The minimum Gasteiger partial charge on any atom is -0.503 e. The maximum absolute atomic E-state index is 12.1. The summed E-state index contributed by atoms with van der Waals surface area (Å²) in [5.74, 6) is 1.14. The van der Waals surface area contributed by atoms with Gasteiger partial charge in [-0.2, -0.15) is 0 Å². The van der Waals surface area contributed by atoms with Crippen molar-refractivity contribution in [3.05, 3.63) is 78.3 Å². The van der Waals surface area contributed by atoms with Gasteiger partial charge < -0.3 is 18.9 Å². The molecule has 0 aliphatic heterocycles. The van der Waals surface area contributed by atoms with Gasteiger partial charge in [0.2, 0.25) is 11.8 Å². The molecule has 0 spiro atoms. The van der Waals surface area contributed by atoms with Gasteiger partial charge in [-0.15, -0.1) is 0 Å². The van der Waals surface area contributed by atoms with E-state index in [0.29, 0.717) is 22.9 Å². The van der Waals surface area contributed by atoms with Crippen LogP contribution in [0.3, 0.4) is 0 Å². The van der Waals surface area contributed by atoms with Crippen molar-refractivity contribution in [2.24, 2.45) is 0 Å². The van der Waals surface area contributed by atoms with Crippen molar-refractivity contribution in [2.45, 2.75) is 6.92 Å². The number of aryl methyl sites for hydroxylation is 1. The van der Waals surface area contributed by atoms with E-state index in [9.17, 15) is 4.79 Å². The third-order valence-electron chi connectivity index (χ3n) is 3.96. The molecule has 0 atom stereocenters. The number of benzene rings is 2. The number of methoxy groups -OCH3 is 2. The highest BCUT2D eigenvalue weighted by Gasteiger charge is 2.18. The maximum Gasteiger partial charge on any atom is 0.341 e. The predicted octanol–water partition coefficient (Wildman–Crippen LogP) is 4.53. The molecule has 0 saturated heterocycles. The lowest BCUT2D eigenvalue weighted by Crippen LogP contribution is -2.06. The Kier molecular flexibility index (Phi) is 6.42. The molecule has 0 fully saturated rings. The Bertz CT molecular complexity index is 1030. The van der Waals surface area contributed by atoms with Crippen LogP contribution in [0.5, 0.6) is 23.3 Å². The number of rotatable bonds is 7. The summed E-state index contributed by atoms with van der Waals surface area (Å²) >= 11 is 0. The lowest BCUT2D eigenvalue weighted by atomic mass is 10.1. The van der Waals surface area contributed by atoms with Gasteiger partial charge in [-0.05, 0) is 24.6 Å². The van der Waals surface area contributed by atoms with Gasteiger partial charge in [0.15, 0.2) is 0 Å². The molecular formula is C22H20N2O5. The third-order valence-corrected chi connectivity index (χ3v) is 3.96. The summed E-state index contributed by atoms with van der Waals surface area (Å²) in [7, 11) is 2.75. The van der Waals surface area contributed by atoms with Gasteiger partial charge in [0.25, 0.3) is 0 Å². The summed E-state index contributed by atoms with van der Waals surface area (Å²) in [4.78, 5) is 20.4. The molecule has 29 heavy (non-hydrogen) atoms. The monoisotopic (exact) mass is 392 g/mol. The minimum atomic E-state index is -0.547. The number of aromatic nitrogens is 2. The van der Waals surface area contributed by atoms with Crippen molar-refractivity contribution >= 4 is 11.5 Å². The van der Waals surface area contributed by atoms with Crippen LogP contribution < -0.4 is 9.47 Å². The zero-order valence-electron chi connectivity index (χ0n) is 16.3. The average molecular weight is 392 g/mol. The second-order valence-electron chi connectivity index (χ2n) is 5.92. The van der Waals surface area contributed by atoms with Crippen molar-refractivity contribution in [3.8, 4) is 23.3 Å². The fraction of sp³-hybridized carbons (Fsp3) is 0.136. The molecule has 1 aromatic heterocycles. The number of carbonyl (C=O) groups is 1. The second kappa shape index (κ2) is 9.36. The Morgan fingerprint density at radius 1 is 0.897 bits per heavy atom. The van der Waals surface area contributed by atoms with Crippen LogP contribution >= 0.6 is 0 Å². The summed E-state index contributed by atoms with van der Waals surface area (Å²) in [6, 6.07) is 16.2. The maximum atomic E-state index is 12.1. The van der Waals surface area contributed by atoms with E-state index in [1.54, 1.807) is 30.3 Å². The van der Waals surface area contributed by atoms with E-state index in [1.807, 2.05) is 31.2 Å².